The van der Waals surface area contributed by atoms with Gasteiger partial charge in [-0.2, -0.15) is 0 Å². The van der Waals surface area contributed by atoms with Crippen molar-refractivity contribution in [2.24, 2.45) is 0 Å². The van der Waals surface area contributed by atoms with E-state index in [1.807, 2.05) is 6.07 Å². The van der Waals surface area contributed by atoms with E-state index in [0.717, 1.165) is 31.3 Å². The van der Waals surface area contributed by atoms with Crippen molar-refractivity contribution >= 4 is 17.3 Å². The minimum absolute atomic E-state index is 0.401. The maximum absolute atomic E-state index is 6.27. The Labute approximate surface area is 132 Å². The molecule has 1 saturated heterocycles. The molecule has 1 aliphatic carbocycles. The molecular weight excluding hydrogens is 284 g/mol. The summed E-state index contributed by atoms with van der Waals surface area (Å²) in [5.74, 6) is 0. The van der Waals surface area contributed by atoms with Crippen LogP contribution in [0, 0.1) is 0 Å². The molecule has 1 aliphatic heterocycles. The van der Waals surface area contributed by atoms with Crippen LogP contribution in [0.15, 0.2) is 18.2 Å². The number of ether oxygens (including phenoxy) is 1. The van der Waals surface area contributed by atoms with Gasteiger partial charge in [-0.25, -0.2) is 0 Å². The lowest BCUT2D eigenvalue weighted by molar-refractivity contribution is -0.00874. The van der Waals surface area contributed by atoms with Crippen LogP contribution in [-0.4, -0.2) is 31.8 Å². The van der Waals surface area contributed by atoms with Crippen LogP contribution in [0.25, 0.3) is 0 Å². The molecule has 3 rings (SSSR count). The number of benzene rings is 1. The van der Waals surface area contributed by atoms with Gasteiger partial charge in [-0.15, -0.1) is 0 Å². The topological polar surface area (TPSA) is 24.5 Å². The Balaban J connectivity index is 1.88. The van der Waals surface area contributed by atoms with Crippen molar-refractivity contribution in [3.8, 4) is 0 Å². The first-order chi connectivity index (χ1) is 10.3. The molecule has 0 bridgehead atoms. The first-order valence-corrected chi connectivity index (χ1v) is 8.54. The molecule has 1 saturated carbocycles. The minimum atomic E-state index is 0.401. The van der Waals surface area contributed by atoms with Gasteiger partial charge < -0.3 is 15.0 Å². The largest absolute Gasteiger partial charge is 0.374 e. The van der Waals surface area contributed by atoms with Crippen molar-refractivity contribution < 1.29 is 4.74 Å². The van der Waals surface area contributed by atoms with Gasteiger partial charge in [-0.1, -0.05) is 37.4 Å². The fourth-order valence-electron chi connectivity index (χ4n) is 3.61. The molecule has 3 nitrogen and oxygen atoms in total. The van der Waals surface area contributed by atoms with E-state index < -0.39 is 0 Å². The van der Waals surface area contributed by atoms with Gasteiger partial charge in [-0.3, -0.25) is 0 Å². The summed E-state index contributed by atoms with van der Waals surface area (Å²) >= 11 is 6.27. The Morgan fingerprint density at radius 1 is 1.33 bits per heavy atom. The van der Waals surface area contributed by atoms with Crippen LogP contribution in [0.3, 0.4) is 0 Å². The maximum Gasteiger partial charge on any atom is 0.0779 e. The summed E-state index contributed by atoms with van der Waals surface area (Å²) in [4.78, 5) is 2.55. The zero-order valence-electron chi connectivity index (χ0n) is 12.8. The van der Waals surface area contributed by atoms with Crippen LogP contribution in [0.2, 0.25) is 5.02 Å². The molecule has 1 N–H and O–H groups in total. The second-order valence-corrected chi connectivity index (χ2v) is 6.44. The summed E-state index contributed by atoms with van der Waals surface area (Å²) in [7, 11) is 0. The Bertz CT molecular complexity index is 478. The second kappa shape index (κ2) is 6.99. The molecule has 1 aromatic carbocycles. The Morgan fingerprint density at radius 3 is 3.05 bits per heavy atom. The summed E-state index contributed by atoms with van der Waals surface area (Å²) in [5, 5.41) is 4.26. The van der Waals surface area contributed by atoms with Gasteiger partial charge in [0.25, 0.3) is 0 Å². The zero-order valence-corrected chi connectivity index (χ0v) is 13.5. The third-order valence-electron chi connectivity index (χ3n) is 4.65. The quantitative estimate of drug-likeness (QED) is 0.920. The zero-order chi connectivity index (χ0) is 14.7. The lowest BCUT2D eigenvalue weighted by atomic mass is 9.89. The molecule has 2 unspecified atom stereocenters. The molecule has 0 aromatic heterocycles. The molecule has 0 radical (unpaired) electrons. The standard InChI is InChI=1S/C17H25ClN2O/c1-2-19-12-13-7-8-14(18)11-16(13)20-9-10-21-17-6-4-3-5-15(17)20/h7-8,11,15,17,19H,2-6,9-10,12H2,1H3. The Morgan fingerprint density at radius 2 is 2.19 bits per heavy atom. The summed E-state index contributed by atoms with van der Waals surface area (Å²) in [6, 6.07) is 6.81. The van der Waals surface area contributed by atoms with Crippen LogP contribution in [-0.2, 0) is 11.3 Å². The highest BCUT2D eigenvalue weighted by Gasteiger charge is 2.35. The number of anilines is 1. The van der Waals surface area contributed by atoms with E-state index in [0.29, 0.717) is 12.1 Å². The highest BCUT2D eigenvalue weighted by Crippen LogP contribution is 2.34. The summed E-state index contributed by atoms with van der Waals surface area (Å²) in [6.07, 6.45) is 5.44. The number of rotatable bonds is 4. The lowest BCUT2D eigenvalue weighted by Gasteiger charge is -2.45. The first-order valence-electron chi connectivity index (χ1n) is 8.17. The molecule has 0 amide bonds. The number of halogens is 1. The van der Waals surface area contributed by atoms with Gasteiger partial charge in [0.1, 0.15) is 0 Å². The lowest BCUT2D eigenvalue weighted by Crippen LogP contribution is -2.53. The number of fused-ring (bicyclic) bond motifs is 1. The normalized spacial score (nSPS) is 25.7. The van der Waals surface area contributed by atoms with Crippen LogP contribution in [0.4, 0.5) is 5.69 Å². The number of hydrogen-bond donors (Lipinski definition) is 1. The number of nitrogens with one attached hydrogen (secondary N) is 1. The number of morpholine rings is 1. The van der Waals surface area contributed by atoms with Crippen molar-refractivity contribution in [3.05, 3.63) is 28.8 Å². The molecule has 1 aromatic rings. The average Bonchev–Trinajstić information content (AvgIpc) is 2.53. The fraction of sp³-hybridized carbons (Fsp3) is 0.647. The van der Waals surface area contributed by atoms with Gasteiger partial charge >= 0.3 is 0 Å². The third-order valence-corrected chi connectivity index (χ3v) is 4.89. The van der Waals surface area contributed by atoms with Crippen LogP contribution < -0.4 is 10.2 Å². The van der Waals surface area contributed by atoms with E-state index in [9.17, 15) is 0 Å². The van der Waals surface area contributed by atoms with Gasteiger partial charge in [0.05, 0.1) is 18.8 Å². The van der Waals surface area contributed by atoms with Gasteiger partial charge in [0, 0.05) is 23.8 Å². The van der Waals surface area contributed by atoms with E-state index in [2.05, 4.69) is 29.3 Å². The van der Waals surface area contributed by atoms with Crippen LogP contribution >= 0.6 is 11.6 Å². The minimum Gasteiger partial charge on any atom is -0.374 e. The van der Waals surface area contributed by atoms with Crippen molar-refractivity contribution in [2.75, 3.05) is 24.6 Å². The van der Waals surface area contributed by atoms with Crippen molar-refractivity contribution in [1.29, 1.82) is 0 Å². The van der Waals surface area contributed by atoms with Gasteiger partial charge in [-0.05, 0) is 37.1 Å². The molecule has 2 fully saturated rings. The Kier molecular flexibility index (Phi) is 5.04. The highest BCUT2D eigenvalue weighted by atomic mass is 35.5. The predicted molar refractivity (Wildman–Crippen MR) is 88.2 cm³/mol. The molecule has 2 aliphatic rings. The van der Waals surface area contributed by atoms with Gasteiger partial charge in [0.2, 0.25) is 0 Å². The third kappa shape index (κ3) is 3.36. The first kappa shape index (κ1) is 15.1. The van der Waals surface area contributed by atoms with Crippen molar-refractivity contribution in [2.45, 2.75) is 51.3 Å². The smallest absolute Gasteiger partial charge is 0.0779 e. The number of nitrogens with zero attached hydrogens (tertiary/aromatic N) is 1. The van der Waals surface area contributed by atoms with Crippen LogP contribution in [0.1, 0.15) is 38.2 Å². The van der Waals surface area contributed by atoms with Crippen molar-refractivity contribution in [1.82, 2.24) is 5.32 Å². The van der Waals surface area contributed by atoms with E-state index in [4.69, 9.17) is 16.3 Å². The molecule has 1 heterocycles. The molecule has 2 atom stereocenters. The molecule has 0 spiro atoms. The summed E-state index contributed by atoms with van der Waals surface area (Å²) in [6.45, 7) is 5.82. The highest BCUT2D eigenvalue weighted by molar-refractivity contribution is 6.30. The summed E-state index contributed by atoms with van der Waals surface area (Å²) in [5.41, 5.74) is 2.64. The molecule has 116 valence electrons. The van der Waals surface area contributed by atoms with E-state index in [1.165, 1.54) is 36.9 Å². The van der Waals surface area contributed by atoms with Crippen molar-refractivity contribution in [3.63, 3.8) is 0 Å². The monoisotopic (exact) mass is 308 g/mol. The van der Waals surface area contributed by atoms with E-state index >= 15 is 0 Å². The Hall–Kier alpha value is -0.770. The predicted octanol–water partition coefficient (Wildman–Crippen LogP) is 3.60. The van der Waals surface area contributed by atoms with Crippen LogP contribution in [0.5, 0.6) is 0 Å². The average molecular weight is 309 g/mol. The SMILES string of the molecule is CCNCc1ccc(Cl)cc1N1CCOC2CCCCC21. The maximum atomic E-state index is 6.27. The fourth-order valence-corrected chi connectivity index (χ4v) is 3.78. The second-order valence-electron chi connectivity index (χ2n) is 6.01. The number of hydrogen-bond acceptors (Lipinski definition) is 3. The van der Waals surface area contributed by atoms with E-state index in [-0.39, 0.29) is 0 Å². The summed E-state index contributed by atoms with van der Waals surface area (Å²) < 4.78 is 5.99. The van der Waals surface area contributed by atoms with Gasteiger partial charge in [0.15, 0.2) is 0 Å². The van der Waals surface area contributed by atoms with E-state index in [1.54, 1.807) is 0 Å². The molecule has 21 heavy (non-hydrogen) atoms. The molecule has 4 heteroatoms. The molecular formula is C17H25ClN2O.